The molecule has 144 valence electrons. The number of fused-ring (bicyclic) bond motifs is 4. The maximum Gasteiger partial charge on any atom is 0.262 e. The van der Waals surface area contributed by atoms with Crippen LogP contribution < -0.4 is 11.3 Å². The van der Waals surface area contributed by atoms with Crippen molar-refractivity contribution in [2.24, 2.45) is 7.05 Å². The Labute approximate surface area is 173 Å². The number of nitrogens with two attached hydrogens (primary N) is 1. The maximum absolute atomic E-state index is 12.5. The molecule has 1 aliphatic carbocycles. The third kappa shape index (κ3) is 3.01. The lowest BCUT2D eigenvalue weighted by Gasteiger charge is -2.07. The summed E-state index contributed by atoms with van der Waals surface area (Å²) in [6.07, 6.45) is 5.91. The number of rotatable bonds is 3. The van der Waals surface area contributed by atoms with E-state index in [0.29, 0.717) is 27.9 Å². The Morgan fingerprint density at radius 1 is 1.18 bits per heavy atom. The summed E-state index contributed by atoms with van der Waals surface area (Å²) in [4.78, 5) is 29.6. The molecular formula is C19H19N5OS3. The monoisotopic (exact) mass is 429 g/mol. The zero-order valence-electron chi connectivity index (χ0n) is 15.4. The minimum absolute atomic E-state index is 0.0216. The topological polar surface area (TPSA) is 86.7 Å². The molecule has 0 saturated carbocycles. The summed E-state index contributed by atoms with van der Waals surface area (Å²) in [5, 5.41) is 4.29. The number of thioether (sulfide) groups is 1. The van der Waals surface area contributed by atoms with Gasteiger partial charge in [-0.1, -0.05) is 18.2 Å². The third-order valence-electron chi connectivity index (χ3n) is 5.13. The molecule has 0 fully saturated rings. The molecule has 0 aromatic carbocycles. The molecule has 0 atom stereocenters. The molecule has 6 nitrogen and oxygen atoms in total. The standard InChI is InChI=1S/C19H19N5OS3/c1-24-18(25)11-7-8-26-16(11)23-19(24)27-9-13-21-15(20)14-10-5-3-2-4-6-12(10)28-17(14)22-13/h7-8H,2-6,9H2,1H3,(H2,20,21,22). The predicted molar refractivity (Wildman–Crippen MR) is 118 cm³/mol. The fourth-order valence-electron chi connectivity index (χ4n) is 3.71. The Bertz CT molecular complexity index is 1260. The summed E-state index contributed by atoms with van der Waals surface area (Å²) in [7, 11) is 1.75. The van der Waals surface area contributed by atoms with Crippen LogP contribution in [0.3, 0.4) is 0 Å². The SMILES string of the molecule is Cn1c(SCc2nc(N)c3c4c(sc3n2)CCCCC4)nc2sccc2c1=O. The van der Waals surface area contributed by atoms with Crippen molar-refractivity contribution in [3.05, 3.63) is 38.1 Å². The van der Waals surface area contributed by atoms with Crippen LogP contribution in [0.5, 0.6) is 0 Å². The molecule has 4 aromatic rings. The fraction of sp³-hybridized carbons (Fsp3) is 0.368. The highest BCUT2D eigenvalue weighted by Gasteiger charge is 2.19. The zero-order chi connectivity index (χ0) is 19.3. The molecule has 0 aliphatic heterocycles. The Hall–Kier alpha value is -1.97. The van der Waals surface area contributed by atoms with Crippen LogP contribution in [0.4, 0.5) is 5.82 Å². The summed E-state index contributed by atoms with van der Waals surface area (Å²) in [6, 6.07) is 1.82. The number of thiophene rings is 2. The number of hydrogen-bond donors (Lipinski definition) is 1. The first-order valence-electron chi connectivity index (χ1n) is 9.25. The van der Waals surface area contributed by atoms with Gasteiger partial charge in [0.15, 0.2) is 5.16 Å². The summed E-state index contributed by atoms with van der Waals surface area (Å²) >= 11 is 4.71. The maximum atomic E-state index is 12.5. The minimum atomic E-state index is -0.0216. The third-order valence-corrected chi connectivity index (χ3v) is 8.15. The Morgan fingerprint density at radius 2 is 2.04 bits per heavy atom. The molecule has 4 heterocycles. The lowest BCUT2D eigenvalue weighted by Crippen LogP contribution is -2.19. The summed E-state index contributed by atoms with van der Waals surface area (Å²) in [5.41, 5.74) is 7.68. The first-order valence-corrected chi connectivity index (χ1v) is 11.9. The van der Waals surface area contributed by atoms with Crippen LogP contribution >= 0.6 is 34.4 Å². The first kappa shape index (κ1) is 18.1. The molecular weight excluding hydrogens is 410 g/mol. The van der Waals surface area contributed by atoms with Crippen molar-refractivity contribution in [1.29, 1.82) is 0 Å². The summed E-state index contributed by atoms with van der Waals surface area (Å²) in [6.45, 7) is 0. The van der Waals surface area contributed by atoms with E-state index in [0.717, 1.165) is 27.9 Å². The fourth-order valence-corrected chi connectivity index (χ4v) is 6.63. The van der Waals surface area contributed by atoms with Gasteiger partial charge in [-0.05, 0) is 42.7 Å². The van der Waals surface area contributed by atoms with Crippen LogP contribution in [-0.4, -0.2) is 19.5 Å². The number of aryl methyl sites for hydroxylation is 2. The van der Waals surface area contributed by atoms with Gasteiger partial charge in [0.2, 0.25) is 0 Å². The van der Waals surface area contributed by atoms with Crippen LogP contribution in [0.2, 0.25) is 0 Å². The van der Waals surface area contributed by atoms with Crippen molar-refractivity contribution < 1.29 is 0 Å². The highest BCUT2D eigenvalue weighted by atomic mass is 32.2. The van der Waals surface area contributed by atoms with Crippen LogP contribution in [0.15, 0.2) is 21.4 Å². The van der Waals surface area contributed by atoms with Crippen molar-refractivity contribution in [2.45, 2.75) is 43.0 Å². The van der Waals surface area contributed by atoms with E-state index in [-0.39, 0.29) is 5.56 Å². The second-order valence-electron chi connectivity index (χ2n) is 6.96. The van der Waals surface area contributed by atoms with Crippen molar-refractivity contribution in [2.75, 3.05) is 5.73 Å². The van der Waals surface area contributed by atoms with E-state index < -0.39 is 0 Å². The average molecular weight is 430 g/mol. The lowest BCUT2D eigenvalue weighted by atomic mass is 10.1. The van der Waals surface area contributed by atoms with Crippen molar-refractivity contribution in [1.82, 2.24) is 19.5 Å². The highest BCUT2D eigenvalue weighted by Crippen LogP contribution is 2.37. The van der Waals surface area contributed by atoms with E-state index in [4.69, 9.17) is 10.7 Å². The quantitative estimate of drug-likeness (QED) is 0.299. The Balaban J connectivity index is 1.48. The average Bonchev–Trinajstić information content (AvgIpc) is 3.22. The molecule has 0 spiro atoms. The minimum Gasteiger partial charge on any atom is -0.383 e. The van der Waals surface area contributed by atoms with Gasteiger partial charge in [-0.2, -0.15) is 0 Å². The van der Waals surface area contributed by atoms with E-state index in [1.807, 2.05) is 11.4 Å². The van der Waals surface area contributed by atoms with E-state index in [9.17, 15) is 4.79 Å². The van der Waals surface area contributed by atoms with Gasteiger partial charge in [-0.3, -0.25) is 9.36 Å². The summed E-state index contributed by atoms with van der Waals surface area (Å²) < 4.78 is 1.59. The smallest absolute Gasteiger partial charge is 0.262 e. The second-order valence-corrected chi connectivity index (χ2v) is 9.88. The number of nitrogens with zero attached hydrogens (tertiary/aromatic N) is 4. The van der Waals surface area contributed by atoms with Gasteiger partial charge in [0.1, 0.15) is 21.3 Å². The molecule has 1 aliphatic rings. The predicted octanol–water partition coefficient (Wildman–Crippen LogP) is 4.14. The molecule has 4 aromatic heterocycles. The molecule has 0 saturated heterocycles. The largest absolute Gasteiger partial charge is 0.383 e. The van der Waals surface area contributed by atoms with E-state index in [1.165, 1.54) is 52.8 Å². The second kappa shape index (κ2) is 7.13. The van der Waals surface area contributed by atoms with Gasteiger partial charge >= 0.3 is 0 Å². The van der Waals surface area contributed by atoms with Gasteiger partial charge in [0.05, 0.1) is 16.5 Å². The van der Waals surface area contributed by atoms with Gasteiger partial charge in [-0.25, -0.2) is 15.0 Å². The van der Waals surface area contributed by atoms with Crippen molar-refractivity contribution in [3.63, 3.8) is 0 Å². The van der Waals surface area contributed by atoms with E-state index in [1.54, 1.807) is 23.0 Å². The molecule has 0 radical (unpaired) electrons. The van der Waals surface area contributed by atoms with Gasteiger partial charge < -0.3 is 5.73 Å². The van der Waals surface area contributed by atoms with Crippen LogP contribution in [0.1, 0.15) is 35.5 Å². The van der Waals surface area contributed by atoms with E-state index in [2.05, 4.69) is 9.97 Å². The van der Waals surface area contributed by atoms with Crippen LogP contribution in [-0.2, 0) is 25.6 Å². The number of aromatic nitrogens is 4. The molecule has 9 heteroatoms. The molecule has 0 unspecified atom stereocenters. The number of anilines is 1. The molecule has 2 N–H and O–H groups in total. The van der Waals surface area contributed by atoms with Crippen molar-refractivity contribution in [3.8, 4) is 0 Å². The molecule has 28 heavy (non-hydrogen) atoms. The number of hydrogen-bond acceptors (Lipinski definition) is 8. The molecule has 0 amide bonds. The van der Waals surface area contributed by atoms with Gasteiger partial charge in [-0.15, -0.1) is 22.7 Å². The van der Waals surface area contributed by atoms with Crippen molar-refractivity contribution >= 4 is 60.7 Å². The normalized spacial score (nSPS) is 14.5. The highest BCUT2D eigenvalue weighted by molar-refractivity contribution is 7.98. The first-order chi connectivity index (χ1) is 13.6. The molecule has 0 bridgehead atoms. The number of nitrogen functional groups attached to an aromatic ring is 1. The van der Waals surface area contributed by atoms with Crippen LogP contribution in [0.25, 0.3) is 20.4 Å². The Morgan fingerprint density at radius 3 is 2.93 bits per heavy atom. The van der Waals surface area contributed by atoms with Gasteiger partial charge in [0, 0.05) is 11.9 Å². The summed E-state index contributed by atoms with van der Waals surface area (Å²) in [5.74, 6) is 1.79. The lowest BCUT2D eigenvalue weighted by molar-refractivity contribution is 0.713. The van der Waals surface area contributed by atoms with E-state index >= 15 is 0 Å². The molecule has 5 rings (SSSR count). The zero-order valence-corrected chi connectivity index (χ0v) is 17.8. The van der Waals surface area contributed by atoms with Gasteiger partial charge in [0.25, 0.3) is 5.56 Å². The van der Waals surface area contributed by atoms with Crippen LogP contribution in [0, 0.1) is 0 Å². The Kier molecular flexibility index (Phi) is 4.60.